The molecule has 0 aromatic heterocycles. The van der Waals surface area contributed by atoms with Gasteiger partial charge in [-0.25, -0.2) is 4.39 Å². The van der Waals surface area contributed by atoms with E-state index >= 15 is 0 Å². The van der Waals surface area contributed by atoms with Gasteiger partial charge in [-0.2, -0.15) is 0 Å². The number of aliphatic hydroxyl groups is 1. The quantitative estimate of drug-likeness (QED) is 0.882. The Kier molecular flexibility index (Phi) is 4.81. The molecular formula is C19H20FNO3. The summed E-state index contributed by atoms with van der Waals surface area (Å²) in [7, 11) is 0. The van der Waals surface area contributed by atoms with Gasteiger partial charge in [0.05, 0.1) is 0 Å². The summed E-state index contributed by atoms with van der Waals surface area (Å²) in [5, 5.41) is 13.0. The summed E-state index contributed by atoms with van der Waals surface area (Å²) >= 11 is 0. The van der Waals surface area contributed by atoms with Crippen molar-refractivity contribution in [3.8, 4) is 11.5 Å². The van der Waals surface area contributed by atoms with Crippen LogP contribution in [0, 0.1) is 5.82 Å². The van der Waals surface area contributed by atoms with Gasteiger partial charge < -0.3 is 15.2 Å². The van der Waals surface area contributed by atoms with Crippen molar-refractivity contribution in [2.45, 2.75) is 37.8 Å². The van der Waals surface area contributed by atoms with E-state index < -0.39 is 5.60 Å². The number of amides is 1. The average Bonchev–Trinajstić information content (AvgIpc) is 3.04. The van der Waals surface area contributed by atoms with Gasteiger partial charge in [0, 0.05) is 6.54 Å². The molecule has 2 aromatic rings. The molecule has 4 nitrogen and oxygen atoms in total. The van der Waals surface area contributed by atoms with Crippen LogP contribution in [0.2, 0.25) is 0 Å². The van der Waals surface area contributed by atoms with Crippen LogP contribution in [0.1, 0.15) is 31.2 Å². The highest BCUT2D eigenvalue weighted by Crippen LogP contribution is 2.29. The van der Waals surface area contributed by atoms with Gasteiger partial charge in [-0.1, -0.05) is 12.1 Å². The number of carbonyl (C=O) groups excluding carboxylic acids is 1. The number of nitrogens with one attached hydrogen (secondary N) is 1. The minimum Gasteiger partial charge on any atom is -0.457 e. The fourth-order valence-electron chi connectivity index (χ4n) is 2.85. The van der Waals surface area contributed by atoms with E-state index in [2.05, 4.69) is 5.32 Å². The zero-order valence-corrected chi connectivity index (χ0v) is 13.3. The van der Waals surface area contributed by atoms with E-state index in [1.807, 2.05) is 12.1 Å². The zero-order valence-electron chi connectivity index (χ0n) is 13.3. The number of hydrogen-bond donors (Lipinski definition) is 2. The van der Waals surface area contributed by atoms with Crippen LogP contribution in [0.4, 0.5) is 4.39 Å². The molecule has 2 N–H and O–H groups in total. The molecule has 1 fully saturated rings. The zero-order chi connectivity index (χ0) is 17.0. The van der Waals surface area contributed by atoms with E-state index in [1.165, 1.54) is 12.1 Å². The molecule has 5 heteroatoms. The van der Waals surface area contributed by atoms with Gasteiger partial charge in [-0.3, -0.25) is 4.79 Å². The van der Waals surface area contributed by atoms with Crippen LogP contribution in [-0.2, 0) is 11.3 Å². The van der Waals surface area contributed by atoms with E-state index in [0.717, 1.165) is 18.4 Å². The summed E-state index contributed by atoms with van der Waals surface area (Å²) < 4.78 is 18.5. The van der Waals surface area contributed by atoms with Gasteiger partial charge in [0.2, 0.25) is 0 Å². The molecular weight excluding hydrogens is 309 g/mol. The fraction of sp³-hybridized carbons (Fsp3) is 0.316. The highest BCUT2D eigenvalue weighted by atomic mass is 19.1. The first-order valence-corrected chi connectivity index (χ1v) is 8.08. The normalized spacial score (nSPS) is 15.9. The second-order valence-corrected chi connectivity index (χ2v) is 6.12. The first-order chi connectivity index (χ1) is 11.5. The molecule has 24 heavy (non-hydrogen) atoms. The van der Waals surface area contributed by atoms with Gasteiger partial charge in [0.1, 0.15) is 22.9 Å². The lowest BCUT2D eigenvalue weighted by molar-refractivity contribution is -0.139. The van der Waals surface area contributed by atoms with Gasteiger partial charge in [0.15, 0.2) is 0 Å². The van der Waals surface area contributed by atoms with Gasteiger partial charge in [-0.05, 0) is 67.6 Å². The molecule has 1 amide bonds. The van der Waals surface area contributed by atoms with Gasteiger partial charge >= 0.3 is 0 Å². The maximum Gasteiger partial charge on any atom is 0.252 e. The second-order valence-electron chi connectivity index (χ2n) is 6.12. The molecule has 0 aliphatic heterocycles. The van der Waals surface area contributed by atoms with Crippen molar-refractivity contribution in [1.29, 1.82) is 0 Å². The Morgan fingerprint density at radius 3 is 2.17 bits per heavy atom. The van der Waals surface area contributed by atoms with E-state index in [0.29, 0.717) is 30.9 Å². The second kappa shape index (κ2) is 7.01. The van der Waals surface area contributed by atoms with Crippen LogP contribution in [0.25, 0.3) is 0 Å². The minimum atomic E-state index is -1.20. The van der Waals surface area contributed by atoms with Crippen LogP contribution in [0.3, 0.4) is 0 Å². The molecule has 3 rings (SSSR count). The van der Waals surface area contributed by atoms with Crippen molar-refractivity contribution in [3.05, 3.63) is 59.9 Å². The van der Waals surface area contributed by atoms with Crippen LogP contribution >= 0.6 is 0 Å². The van der Waals surface area contributed by atoms with Crippen LogP contribution in [0.15, 0.2) is 48.5 Å². The Morgan fingerprint density at radius 1 is 1.04 bits per heavy atom. The van der Waals surface area contributed by atoms with Crippen molar-refractivity contribution in [3.63, 3.8) is 0 Å². The maximum absolute atomic E-state index is 12.9. The molecule has 0 saturated heterocycles. The van der Waals surface area contributed by atoms with E-state index in [-0.39, 0.29) is 11.7 Å². The summed E-state index contributed by atoms with van der Waals surface area (Å²) in [4.78, 5) is 12.1. The first kappa shape index (κ1) is 16.5. The highest BCUT2D eigenvalue weighted by molar-refractivity contribution is 5.85. The van der Waals surface area contributed by atoms with Crippen molar-refractivity contribution >= 4 is 5.91 Å². The number of hydrogen-bond acceptors (Lipinski definition) is 3. The maximum atomic E-state index is 12.9. The first-order valence-electron chi connectivity index (χ1n) is 8.08. The Hall–Kier alpha value is -2.40. The molecule has 2 aromatic carbocycles. The van der Waals surface area contributed by atoms with Crippen LogP contribution in [0.5, 0.6) is 11.5 Å². The SMILES string of the molecule is O=C(NCc1ccc(Oc2ccc(F)cc2)cc1)C1(O)CCCC1. The Balaban J connectivity index is 1.54. The standard InChI is InChI=1S/C19H20FNO3/c20-15-5-9-17(10-6-15)24-16-7-3-14(4-8-16)13-21-18(22)19(23)11-1-2-12-19/h3-10,23H,1-2,11-13H2,(H,21,22). The van der Waals surface area contributed by atoms with Crippen molar-refractivity contribution < 1.29 is 19.0 Å². The highest BCUT2D eigenvalue weighted by Gasteiger charge is 2.38. The lowest BCUT2D eigenvalue weighted by Crippen LogP contribution is -2.44. The molecule has 0 spiro atoms. The third kappa shape index (κ3) is 3.92. The molecule has 0 atom stereocenters. The van der Waals surface area contributed by atoms with Crippen molar-refractivity contribution in [1.82, 2.24) is 5.32 Å². The lowest BCUT2D eigenvalue weighted by Gasteiger charge is -2.20. The van der Waals surface area contributed by atoms with E-state index in [1.54, 1.807) is 24.3 Å². The fourth-order valence-corrected chi connectivity index (χ4v) is 2.85. The Morgan fingerprint density at radius 2 is 1.58 bits per heavy atom. The largest absolute Gasteiger partial charge is 0.457 e. The molecule has 1 saturated carbocycles. The Labute approximate surface area is 140 Å². The number of rotatable bonds is 5. The summed E-state index contributed by atoms with van der Waals surface area (Å²) in [6.45, 7) is 0.359. The molecule has 126 valence electrons. The van der Waals surface area contributed by atoms with Crippen LogP contribution < -0.4 is 10.1 Å². The topological polar surface area (TPSA) is 58.6 Å². The Bertz CT molecular complexity index is 692. The number of ether oxygens (including phenoxy) is 1. The van der Waals surface area contributed by atoms with Gasteiger partial charge in [-0.15, -0.1) is 0 Å². The minimum absolute atomic E-state index is 0.299. The molecule has 0 radical (unpaired) electrons. The van der Waals surface area contributed by atoms with Gasteiger partial charge in [0.25, 0.3) is 5.91 Å². The molecule has 0 heterocycles. The number of halogens is 1. The number of benzene rings is 2. The van der Waals surface area contributed by atoms with Crippen molar-refractivity contribution in [2.24, 2.45) is 0 Å². The monoisotopic (exact) mass is 329 g/mol. The smallest absolute Gasteiger partial charge is 0.252 e. The summed E-state index contributed by atoms with van der Waals surface area (Å²) in [5.74, 6) is 0.580. The predicted octanol–water partition coefficient (Wildman–Crippen LogP) is 3.54. The summed E-state index contributed by atoms with van der Waals surface area (Å²) in [6.07, 6.45) is 2.84. The van der Waals surface area contributed by atoms with Crippen molar-refractivity contribution in [2.75, 3.05) is 0 Å². The van der Waals surface area contributed by atoms with E-state index in [9.17, 15) is 14.3 Å². The van der Waals surface area contributed by atoms with Crippen LogP contribution in [-0.4, -0.2) is 16.6 Å². The third-order valence-corrected chi connectivity index (χ3v) is 4.28. The lowest BCUT2D eigenvalue weighted by atomic mass is 10.0. The molecule has 1 aliphatic carbocycles. The summed E-state index contributed by atoms with van der Waals surface area (Å²) in [5.41, 5.74) is -0.289. The average molecular weight is 329 g/mol. The van der Waals surface area contributed by atoms with E-state index in [4.69, 9.17) is 4.74 Å². The molecule has 0 bridgehead atoms. The number of carbonyl (C=O) groups is 1. The summed E-state index contributed by atoms with van der Waals surface area (Å²) in [6, 6.07) is 13.1. The molecule has 0 unspecified atom stereocenters. The predicted molar refractivity (Wildman–Crippen MR) is 88.2 cm³/mol. The third-order valence-electron chi connectivity index (χ3n) is 4.28. The molecule has 1 aliphatic rings.